The molecular formula is C17H16ClNO2. The van der Waals surface area contributed by atoms with Gasteiger partial charge in [0, 0.05) is 22.1 Å². The Morgan fingerprint density at radius 2 is 1.76 bits per heavy atom. The number of ether oxygens (including phenoxy) is 2. The summed E-state index contributed by atoms with van der Waals surface area (Å²) in [7, 11) is 1.65. The molecule has 1 heterocycles. The molecule has 0 saturated carbocycles. The Bertz CT molecular complexity index is 734. The number of fused-ring (bicyclic) bond motifs is 1. The molecule has 21 heavy (non-hydrogen) atoms. The maximum absolute atomic E-state index is 6.17. The van der Waals surface area contributed by atoms with Gasteiger partial charge in [0.2, 0.25) is 0 Å². The molecule has 0 atom stereocenters. The van der Waals surface area contributed by atoms with Crippen molar-refractivity contribution in [3.05, 3.63) is 59.8 Å². The van der Waals surface area contributed by atoms with Gasteiger partial charge in [-0.05, 0) is 42.5 Å². The fraction of sp³-hybridized carbons (Fsp3) is 0.176. The van der Waals surface area contributed by atoms with Gasteiger partial charge in [0.25, 0.3) is 0 Å². The normalized spacial score (nSPS) is 10.8. The van der Waals surface area contributed by atoms with Crippen LogP contribution in [0.1, 0.15) is 0 Å². The Morgan fingerprint density at radius 3 is 2.52 bits per heavy atom. The van der Waals surface area contributed by atoms with Crippen LogP contribution in [0.2, 0.25) is 5.02 Å². The molecule has 0 bridgehead atoms. The molecule has 0 aliphatic rings. The molecule has 3 aromatic rings. The quantitative estimate of drug-likeness (QED) is 0.698. The smallest absolute Gasteiger partial charge is 0.119 e. The van der Waals surface area contributed by atoms with Crippen LogP contribution in [0, 0.1) is 0 Å². The molecule has 0 spiro atoms. The minimum atomic E-state index is 0.600. The highest BCUT2D eigenvalue weighted by Gasteiger charge is 2.04. The van der Waals surface area contributed by atoms with Crippen molar-refractivity contribution in [3.63, 3.8) is 0 Å². The highest BCUT2D eigenvalue weighted by molar-refractivity contribution is 6.35. The first-order chi connectivity index (χ1) is 10.3. The van der Waals surface area contributed by atoms with E-state index in [4.69, 9.17) is 21.1 Å². The third kappa shape index (κ3) is 2.98. The van der Waals surface area contributed by atoms with Gasteiger partial charge in [0.15, 0.2) is 0 Å². The van der Waals surface area contributed by atoms with Crippen LogP contribution in [0.15, 0.2) is 54.7 Å². The van der Waals surface area contributed by atoms with Crippen molar-refractivity contribution in [1.29, 1.82) is 0 Å². The summed E-state index contributed by atoms with van der Waals surface area (Å²) in [6.45, 7) is 1.37. The van der Waals surface area contributed by atoms with Crippen LogP contribution in [-0.2, 0) is 6.54 Å². The fourth-order valence-electron chi connectivity index (χ4n) is 2.31. The van der Waals surface area contributed by atoms with Crippen molar-refractivity contribution in [3.8, 4) is 11.5 Å². The SMILES string of the molecule is COc1ccc(OCCn2ccc3c(Cl)cccc32)cc1. The van der Waals surface area contributed by atoms with Crippen LogP contribution in [0.25, 0.3) is 10.9 Å². The number of halogens is 1. The number of hydrogen-bond acceptors (Lipinski definition) is 2. The number of hydrogen-bond donors (Lipinski definition) is 0. The van der Waals surface area contributed by atoms with E-state index >= 15 is 0 Å². The van der Waals surface area contributed by atoms with Gasteiger partial charge in [-0.1, -0.05) is 17.7 Å². The van der Waals surface area contributed by atoms with E-state index in [1.165, 1.54) is 0 Å². The van der Waals surface area contributed by atoms with E-state index in [9.17, 15) is 0 Å². The van der Waals surface area contributed by atoms with Crippen molar-refractivity contribution in [2.75, 3.05) is 13.7 Å². The lowest BCUT2D eigenvalue weighted by Gasteiger charge is -2.09. The average molecular weight is 302 g/mol. The monoisotopic (exact) mass is 301 g/mol. The molecule has 0 radical (unpaired) electrons. The number of aromatic nitrogens is 1. The van der Waals surface area contributed by atoms with E-state index in [0.717, 1.165) is 34.0 Å². The molecule has 3 nitrogen and oxygen atoms in total. The van der Waals surface area contributed by atoms with Crippen LogP contribution < -0.4 is 9.47 Å². The molecule has 2 aromatic carbocycles. The van der Waals surface area contributed by atoms with Crippen molar-refractivity contribution in [1.82, 2.24) is 4.57 Å². The van der Waals surface area contributed by atoms with E-state index in [1.54, 1.807) is 7.11 Å². The first kappa shape index (κ1) is 13.8. The van der Waals surface area contributed by atoms with E-state index in [0.29, 0.717) is 6.61 Å². The molecule has 0 amide bonds. The van der Waals surface area contributed by atoms with Gasteiger partial charge in [-0.25, -0.2) is 0 Å². The maximum atomic E-state index is 6.17. The van der Waals surface area contributed by atoms with Gasteiger partial charge >= 0.3 is 0 Å². The molecule has 0 fully saturated rings. The number of methoxy groups -OCH3 is 1. The minimum Gasteiger partial charge on any atom is -0.497 e. The Labute approximate surface area is 128 Å². The first-order valence-corrected chi connectivity index (χ1v) is 7.16. The Balaban J connectivity index is 1.65. The van der Waals surface area contributed by atoms with E-state index in [2.05, 4.69) is 10.6 Å². The minimum absolute atomic E-state index is 0.600. The first-order valence-electron chi connectivity index (χ1n) is 6.78. The van der Waals surface area contributed by atoms with Crippen molar-refractivity contribution in [2.45, 2.75) is 6.54 Å². The van der Waals surface area contributed by atoms with Gasteiger partial charge in [-0.15, -0.1) is 0 Å². The lowest BCUT2D eigenvalue weighted by atomic mass is 10.2. The topological polar surface area (TPSA) is 23.4 Å². The fourth-order valence-corrected chi connectivity index (χ4v) is 2.55. The second kappa shape index (κ2) is 6.10. The zero-order valence-corrected chi connectivity index (χ0v) is 12.5. The molecular weight excluding hydrogens is 286 g/mol. The zero-order valence-electron chi connectivity index (χ0n) is 11.8. The predicted octanol–water partition coefficient (Wildman–Crippen LogP) is 4.38. The van der Waals surface area contributed by atoms with Crippen molar-refractivity contribution < 1.29 is 9.47 Å². The summed E-state index contributed by atoms with van der Waals surface area (Å²) in [5.74, 6) is 1.67. The zero-order chi connectivity index (χ0) is 14.7. The second-order valence-electron chi connectivity index (χ2n) is 4.71. The average Bonchev–Trinajstić information content (AvgIpc) is 2.93. The summed E-state index contributed by atoms with van der Waals surface area (Å²) in [6, 6.07) is 15.6. The van der Waals surface area contributed by atoms with Crippen molar-refractivity contribution in [2.24, 2.45) is 0 Å². The lowest BCUT2D eigenvalue weighted by molar-refractivity contribution is 0.300. The number of rotatable bonds is 5. The van der Waals surface area contributed by atoms with Gasteiger partial charge in [0.1, 0.15) is 18.1 Å². The maximum Gasteiger partial charge on any atom is 0.119 e. The molecule has 0 unspecified atom stereocenters. The lowest BCUT2D eigenvalue weighted by Crippen LogP contribution is -2.07. The van der Waals surface area contributed by atoms with Gasteiger partial charge in [-0.2, -0.15) is 0 Å². The van der Waals surface area contributed by atoms with Crippen molar-refractivity contribution >= 4 is 22.5 Å². The van der Waals surface area contributed by atoms with E-state index < -0.39 is 0 Å². The molecule has 3 rings (SSSR count). The Kier molecular flexibility index (Phi) is 4.02. The molecule has 0 N–H and O–H groups in total. The number of benzene rings is 2. The van der Waals surface area contributed by atoms with Gasteiger partial charge in [-0.3, -0.25) is 0 Å². The molecule has 0 aliphatic heterocycles. The molecule has 0 aliphatic carbocycles. The Hall–Kier alpha value is -2.13. The molecule has 4 heteroatoms. The second-order valence-corrected chi connectivity index (χ2v) is 5.11. The summed E-state index contributed by atoms with van der Waals surface area (Å²) in [4.78, 5) is 0. The number of nitrogens with zero attached hydrogens (tertiary/aromatic N) is 1. The van der Waals surface area contributed by atoms with Crippen LogP contribution in [0.3, 0.4) is 0 Å². The largest absolute Gasteiger partial charge is 0.497 e. The molecule has 108 valence electrons. The van der Waals surface area contributed by atoms with E-state index in [1.807, 2.05) is 48.7 Å². The summed E-state index contributed by atoms with van der Waals surface area (Å²) < 4.78 is 13.0. The highest BCUT2D eigenvalue weighted by Crippen LogP contribution is 2.24. The van der Waals surface area contributed by atoms with Crippen LogP contribution in [-0.4, -0.2) is 18.3 Å². The standard InChI is InChI=1S/C17H16ClNO2/c1-20-13-5-7-14(8-6-13)21-12-11-19-10-9-15-16(18)3-2-4-17(15)19/h2-10H,11-12H2,1H3. The van der Waals surface area contributed by atoms with Crippen LogP contribution in [0.4, 0.5) is 0 Å². The third-order valence-corrected chi connectivity index (χ3v) is 3.75. The van der Waals surface area contributed by atoms with Gasteiger partial charge in [0.05, 0.1) is 13.7 Å². The van der Waals surface area contributed by atoms with Crippen LogP contribution in [0.5, 0.6) is 11.5 Å². The van der Waals surface area contributed by atoms with Gasteiger partial charge < -0.3 is 14.0 Å². The highest BCUT2D eigenvalue weighted by atomic mass is 35.5. The Morgan fingerprint density at radius 1 is 1.00 bits per heavy atom. The van der Waals surface area contributed by atoms with Crippen LogP contribution >= 0.6 is 11.6 Å². The summed E-state index contributed by atoms with van der Waals surface area (Å²) in [5, 5.41) is 1.85. The summed E-state index contributed by atoms with van der Waals surface area (Å²) >= 11 is 6.17. The predicted molar refractivity (Wildman–Crippen MR) is 85.4 cm³/mol. The molecule has 1 aromatic heterocycles. The molecule has 0 saturated heterocycles. The third-order valence-electron chi connectivity index (χ3n) is 3.42. The summed E-state index contributed by atoms with van der Waals surface area (Å²) in [6.07, 6.45) is 2.04. The summed E-state index contributed by atoms with van der Waals surface area (Å²) in [5.41, 5.74) is 1.13. The van der Waals surface area contributed by atoms with E-state index in [-0.39, 0.29) is 0 Å².